The molecule has 0 radical (unpaired) electrons. The molecule has 2 N–H and O–H groups in total. The van der Waals surface area contributed by atoms with Gasteiger partial charge in [-0.1, -0.05) is 61.5 Å². The molecule has 0 unspecified atom stereocenters. The van der Waals surface area contributed by atoms with E-state index in [9.17, 15) is 8.78 Å². The number of rotatable bonds is 10. The van der Waals surface area contributed by atoms with Crippen LogP contribution in [0.1, 0.15) is 61.3 Å². The van der Waals surface area contributed by atoms with Crippen LogP contribution < -0.4 is 0 Å². The molecule has 1 aliphatic heterocycles. The molecule has 214 valence electrons. The molecule has 8 heteroatoms. The number of aliphatic carboxylic acids is 2. The lowest BCUT2D eigenvalue weighted by Crippen LogP contribution is -2.35. The maximum absolute atomic E-state index is 13.4. The van der Waals surface area contributed by atoms with E-state index in [0.717, 1.165) is 37.2 Å². The quantitative estimate of drug-likeness (QED) is 0.278. The van der Waals surface area contributed by atoms with Gasteiger partial charge in [-0.15, -0.1) is 0 Å². The van der Waals surface area contributed by atoms with Crippen LogP contribution in [0.5, 0.6) is 0 Å². The predicted molar refractivity (Wildman–Crippen MR) is 149 cm³/mol. The first-order valence-electron chi connectivity index (χ1n) is 13.6. The molecule has 1 fully saturated rings. The third-order valence-corrected chi connectivity index (χ3v) is 7.29. The molecule has 0 spiro atoms. The van der Waals surface area contributed by atoms with Gasteiger partial charge in [-0.2, -0.15) is 0 Å². The lowest BCUT2D eigenvalue weighted by atomic mass is 9.92. The minimum Gasteiger partial charge on any atom is -0.473 e. The van der Waals surface area contributed by atoms with Crippen LogP contribution in [-0.2, 0) is 14.3 Å². The van der Waals surface area contributed by atoms with Gasteiger partial charge in [0.05, 0.1) is 0 Å². The molecule has 40 heavy (non-hydrogen) atoms. The van der Waals surface area contributed by atoms with Crippen LogP contribution in [0.2, 0.25) is 0 Å². The van der Waals surface area contributed by atoms with Gasteiger partial charge in [0.25, 0.3) is 0 Å². The highest BCUT2D eigenvalue weighted by atomic mass is 19.1. The zero-order valence-electron chi connectivity index (χ0n) is 22.7. The van der Waals surface area contributed by atoms with Gasteiger partial charge in [0.2, 0.25) is 0 Å². The Kier molecular flexibility index (Phi) is 12.2. The molecule has 1 heterocycles. The molecule has 0 amide bonds. The van der Waals surface area contributed by atoms with Gasteiger partial charge in [0.1, 0.15) is 17.7 Å². The third kappa shape index (κ3) is 10.2. The number of likely N-dealkylation sites (tertiary alicyclic amines) is 1. The third-order valence-electron chi connectivity index (χ3n) is 7.29. The summed E-state index contributed by atoms with van der Waals surface area (Å²) < 4.78 is 33.1. The Hall–Kier alpha value is -3.62. The number of carbonyl (C=O) groups is 2. The summed E-state index contributed by atoms with van der Waals surface area (Å²) in [5, 5.41) is 14.8. The molecule has 1 saturated heterocycles. The van der Waals surface area contributed by atoms with E-state index in [2.05, 4.69) is 42.2 Å². The minimum absolute atomic E-state index is 0.272. The summed E-state index contributed by atoms with van der Waals surface area (Å²) in [4.78, 5) is 20.8. The van der Waals surface area contributed by atoms with Gasteiger partial charge in [-0.25, -0.2) is 18.4 Å². The molecule has 4 rings (SSSR count). The Bertz CT molecular complexity index is 1120. The number of nitrogens with zero attached hydrogens (tertiary/aromatic N) is 1. The maximum atomic E-state index is 13.4. The van der Waals surface area contributed by atoms with E-state index in [1.807, 2.05) is 0 Å². The monoisotopic (exact) mass is 553 g/mol. The highest BCUT2D eigenvalue weighted by Crippen LogP contribution is 2.29. The molecule has 0 bridgehead atoms. The Morgan fingerprint density at radius 1 is 0.825 bits per heavy atom. The molecular weight excluding hydrogens is 516 g/mol. The van der Waals surface area contributed by atoms with E-state index in [1.54, 1.807) is 24.3 Å². The summed E-state index contributed by atoms with van der Waals surface area (Å²) in [6.07, 6.45) is 4.27. The van der Waals surface area contributed by atoms with Crippen molar-refractivity contribution in [2.45, 2.75) is 44.6 Å². The standard InChI is InChI=1S/C30H35F2NO.C2H2O4/c1-23(25-5-3-2-4-6-25)15-19-33-20-16-24(17-21-33)18-22-34-30(26-7-11-28(31)12-8-26)27-9-13-29(32)14-10-27;3-1(4)2(5)6/h2-14,23-24,30H,15-22H2,1H3;(H,3,4)(H,5,6)/t23-;/m0./s1. The van der Waals surface area contributed by atoms with Gasteiger partial charge in [-0.3, -0.25) is 0 Å². The van der Waals surface area contributed by atoms with E-state index in [1.165, 1.54) is 49.1 Å². The molecule has 1 aliphatic rings. The Morgan fingerprint density at radius 3 is 1.80 bits per heavy atom. The normalized spacial score (nSPS) is 14.8. The molecule has 3 aromatic rings. The summed E-state index contributed by atoms with van der Waals surface area (Å²) in [7, 11) is 0. The first kappa shape index (κ1) is 30.9. The van der Waals surface area contributed by atoms with Crippen molar-refractivity contribution < 1.29 is 33.3 Å². The summed E-state index contributed by atoms with van der Waals surface area (Å²) in [6.45, 7) is 6.39. The summed E-state index contributed by atoms with van der Waals surface area (Å²) >= 11 is 0. The first-order valence-corrected chi connectivity index (χ1v) is 13.6. The van der Waals surface area contributed by atoms with Crippen molar-refractivity contribution in [3.8, 4) is 0 Å². The van der Waals surface area contributed by atoms with Crippen LogP contribution in [-0.4, -0.2) is 53.3 Å². The number of benzene rings is 3. The van der Waals surface area contributed by atoms with Crippen molar-refractivity contribution in [2.75, 3.05) is 26.2 Å². The van der Waals surface area contributed by atoms with Crippen LogP contribution in [0, 0.1) is 17.6 Å². The number of carboxylic acid groups (broad SMARTS) is 2. The van der Waals surface area contributed by atoms with Crippen LogP contribution in [0.15, 0.2) is 78.9 Å². The smallest absolute Gasteiger partial charge is 0.414 e. The molecule has 3 aromatic carbocycles. The lowest BCUT2D eigenvalue weighted by molar-refractivity contribution is -0.159. The van der Waals surface area contributed by atoms with Gasteiger partial charge < -0.3 is 19.8 Å². The van der Waals surface area contributed by atoms with Crippen molar-refractivity contribution in [3.63, 3.8) is 0 Å². The van der Waals surface area contributed by atoms with Gasteiger partial charge in [0.15, 0.2) is 0 Å². The fraction of sp³-hybridized carbons (Fsp3) is 0.375. The van der Waals surface area contributed by atoms with Crippen LogP contribution in [0.25, 0.3) is 0 Å². The second kappa shape index (κ2) is 15.8. The van der Waals surface area contributed by atoms with Crippen molar-refractivity contribution >= 4 is 11.9 Å². The number of ether oxygens (including phenoxy) is 1. The number of piperidine rings is 1. The summed E-state index contributed by atoms with van der Waals surface area (Å²) in [5.41, 5.74) is 3.19. The molecule has 0 aromatic heterocycles. The fourth-order valence-corrected chi connectivity index (χ4v) is 4.84. The van der Waals surface area contributed by atoms with E-state index in [-0.39, 0.29) is 17.7 Å². The maximum Gasteiger partial charge on any atom is 0.414 e. The van der Waals surface area contributed by atoms with E-state index in [4.69, 9.17) is 24.5 Å². The zero-order valence-corrected chi connectivity index (χ0v) is 22.7. The van der Waals surface area contributed by atoms with Crippen molar-refractivity contribution in [1.29, 1.82) is 0 Å². The molecule has 0 aliphatic carbocycles. The number of hydrogen-bond donors (Lipinski definition) is 2. The highest BCUT2D eigenvalue weighted by Gasteiger charge is 2.21. The predicted octanol–water partition coefficient (Wildman–Crippen LogP) is 6.52. The number of halogens is 2. The molecular formula is C32H37F2NO5. The Balaban J connectivity index is 0.000000663. The van der Waals surface area contributed by atoms with E-state index < -0.39 is 11.9 Å². The Labute approximate surface area is 234 Å². The van der Waals surface area contributed by atoms with Crippen LogP contribution >= 0.6 is 0 Å². The van der Waals surface area contributed by atoms with Gasteiger partial charge in [-0.05, 0) is 98.1 Å². The fourth-order valence-electron chi connectivity index (χ4n) is 4.84. The number of carboxylic acids is 2. The average Bonchev–Trinajstić information content (AvgIpc) is 2.97. The largest absolute Gasteiger partial charge is 0.473 e. The van der Waals surface area contributed by atoms with E-state index >= 15 is 0 Å². The van der Waals surface area contributed by atoms with E-state index in [0.29, 0.717) is 18.4 Å². The zero-order chi connectivity index (χ0) is 28.9. The summed E-state index contributed by atoms with van der Waals surface area (Å²) in [6, 6.07) is 23.6. The van der Waals surface area contributed by atoms with Crippen molar-refractivity contribution in [3.05, 3.63) is 107 Å². The molecule has 6 nitrogen and oxygen atoms in total. The summed E-state index contributed by atoms with van der Waals surface area (Å²) in [5.74, 6) is -2.95. The highest BCUT2D eigenvalue weighted by molar-refractivity contribution is 6.27. The second-order valence-electron chi connectivity index (χ2n) is 10.1. The molecule has 1 atom stereocenters. The average molecular weight is 554 g/mol. The Morgan fingerprint density at radius 2 is 1.32 bits per heavy atom. The molecule has 0 saturated carbocycles. The SMILES string of the molecule is C[C@@H](CCN1CCC(CCOC(c2ccc(F)cc2)c2ccc(F)cc2)CC1)c1ccccc1.O=C(O)C(=O)O. The second-order valence-corrected chi connectivity index (χ2v) is 10.1. The topological polar surface area (TPSA) is 87.1 Å². The van der Waals surface area contributed by atoms with Gasteiger partial charge in [0, 0.05) is 6.61 Å². The lowest BCUT2D eigenvalue weighted by Gasteiger charge is -2.33. The van der Waals surface area contributed by atoms with Crippen molar-refractivity contribution in [1.82, 2.24) is 4.90 Å². The van der Waals surface area contributed by atoms with Crippen molar-refractivity contribution in [2.24, 2.45) is 5.92 Å². The van der Waals surface area contributed by atoms with Crippen LogP contribution in [0.4, 0.5) is 8.78 Å². The van der Waals surface area contributed by atoms with Crippen LogP contribution in [0.3, 0.4) is 0 Å². The minimum atomic E-state index is -1.82. The van der Waals surface area contributed by atoms with Gasteiger partial charge >= 0.3 is 11.9 Å². The number of hydrogen-bond acceptors (Lipinski definition) is 4. The first-order chi connectivity index (χ1) is 19.2.